The van der Waals surface area contributed by atoms with Gasteiger partial charge in [-0.05, 0) is 24.3 Å². The molecule has 6 heteroatoms. The summed E-state index contributed by atoms with van der Waals surface area (Å²) < 4.78 is 0. The van der Waals surface area contributed by atoms with E-state index in [4.69, 9.17) is 10.8 Å². The Hall–Kier alpha value is -2.37. The van der Waals surface area contributed by atoms with Gasteiger partial charge in [0, 0.05) is 5.69 Å². The number of aromatic carboxylic acids is 1. The Morgan fingerprint density at radius 1 is 1.19 bits per heavy atom. The molecule has 0 fully saturated rings. The second-order valence-corrected chi connectivity index (χ2v) is 3.07. The highest BCUT2D eigenvalue weighted by Gasteiger charge is 2.07. The van der Waals surface area contributed by atoms with Crippen molar-refractivity contribution in [3.05, 3.63) is 29.8 Å². The van der Waals surface area contributed by atoms with Crippen LogP contribution in [0.2, 0.25) is 0 Å². The first-order chi connectivity index (χ1) is 7.49. The van der Waals surface area contributed by atoms with Gasteiger partial charge in [0.1, 0.15) is 6.42 Å². The Morgan fingerprint density at radius 3 is 2.19 bits per heavy atom. The molecule has 0 bridgehead atoms. The third-order valence-electron chi connectivity index (χ3n) is 1.75. The van der Waals surface area contributed by atoms with Gasteiger partial charge in [-0.3, -0.25) is 9.59 Å². The monoisotopic (exact) mass is 222 g/mol. The van der Waals surface area contributed by atoms with Gasteiger partial charge in [0.25, 0.3) is 0 Å². The van der Waals surface area contributed by atoms with Crippen LogP contribution in [0.1, 0.15) is 16.8 Å². The highest BCUT2D eigenvalue weighted by atomic mass is 16.4. The van der Waals surface area contributed by atoms with Crippen LogP contribution in [-0.4, -0.2) is 22.9 Å². The van der Waals surface area contributed by atoms with E-state index in [1.54, 1.807) is 0 Å². The second-order valence-electron chi connectivity index (χ2n) is 3.07. The molecule has 0 aliphatic heterocycles. The van der Waals surface area contributed by atoms with E-state index in [-0.39, 0.29) is 5.56 Å². The molecule has 1 aromatic rings. The molecule has 84 valence electrons. The van der Waals surface area contributed by atoms with Gasteiger partial charge in [-0.2, -0.15) is 0 Å². The van der Waals surface area contributed by atoms with Crippen LogP contribution in [-0.2, 0) is 9.59 Å². The smallest absolute Gasteiger partial charge is 0.335 e. The summed E-state index contributed by atoms with van der Waals surface area (Å²) in [4.78, 5) is 32.1. The van der Waals surface area contributed by atoms with Crippen molar-refractivity contribution >= 4 is 23.5 Å². The molecule has 0 aliphatic rings. The number of carbonyl (C=O) groups excluding carboxylic acids is 2. The molecule has 0 saturated carbocycles. The van der Waals surface area contributed by atoms with Crippen LogP contribution >= 0.6 is 0 Å². The minimum Gasteiger partial charge on any atom is -0.478 e. The Bertz CT molecular complexity index is 425. The van der Waals surface area contributed by atoms with Gasteiger partial charge in [-0.15, -0.1) is 0 Å². The standard InChI is InChI=1S/C10H10N2O4/c11-8(13)5-9(14)12-7-3-1-6(2-4-7)10(15)16/h1-4H,5H2,(H2,11,13)(H,12,14)(H,15,16). The molecule has 0 saturated heterocycles. The lowest BCUT2D eigenvalue weighted by Crippen LogP contribution is -2.21. The number of hydrogen-bond donors (Lipinski definition) is 3. The number of carboxylic acids is 1. The molecule has 0 atom stereocenters. The van der Waals surface area contributed by atoms with E-state index < -0.39 is 24.2 Å². The first kappa shape index (κ1) is 11.7. The number of nitrogens with two attached hydrogens (primary N) is 1. The van der Waals surface area contributed by atoms with Crippen molar-refractivity contribution in [2.45, 2.75) is 6.42 Å². The third kappa shape index (κ3) is 3.41. The second kappa shape index (κ2) is 4.92. The van der Waals surface area contributed by atoms with Gasteiger partial charge >= 0.3 is 5.97 Å². The summed E-state index contributed by atoms with van der Waals surface area (Å²) in [6.07, 6.45) is -0.402. The number of primary amides is 1. The molecule has 0 unspecified atom stereocenters. The Balaban J connectivity index is 2.65. The van der Waals surface area contributed by atoms with Gasteiger partial charge < -0.3 is 16.2 Å². The Morgan fingerprint density at radius 2 is 1.75 bits per heavy atom. The summed E-state index contributed by atoms with van der Waals surface area (Å²) in [6.45, 7) is 0. The van der Waals surface area contributed by atoms with Crippen LogP contribution in [0.4, 0.5) is 5.69 Å². The maximum absolute atomic E-state index is 11.1. The number of carbonyl (C=O) groups is 3. The van der Waals surface area contributed by atoms with E-state index in [2.05, 4.69) is 5.32 Å². The average molecular weight is 222 g/mol. The molecule has 1 rings (SSSR count). The minimum atomic E-state index is -1.05. The molecule has 16 heavy (non-hydrogen) atoms. The number of anilines is 1. The third-order valence-corrected chi connectivity index (χ3v) is 1.75. The minimum absolute atomic E-state index is 0.118. The number of carboxylic acid groups (broad SMARTS) is 1. The van der Waals surface area contributed by atoms with E-state index in [9.17, 15) is 14.4 Å². The molecule has 0 radical (unpaired) electrons. The van der Waals surface area contributed by atoms with Gasteiger partial charge in [-0.1, -0.05) is 0 Å². The molecule has 4 N–H and O–H groups in total. The summed E-state index contributed by atoms with van der Waals surface area (Å²) >= 11 is 0. The van der Waals surface area contributed by atoms with Gasteiger partial charge in [0.15, 0.2) is 0 Å². The lowest BCUT2D eigenvalue weighted by Gasteiger charge is -2.03. The van der Waals surface area contributed by atoms with Gasteiger partial charge in [0.2, 0.25) is 11.8 Å². The molecule has 6 nitrogen and oxygen atoms in total. The molecular formula is C10H10N2O4. The van der Waals surface area contributed by atoms with Crippen LogP contribution in [0.3, 0.4) is 0 Å². The van der Waals surface area contributed by atoms with Crippen LogP contribution in [0.15, 0.2) is 24.3 Å². The SMILES string of the molecule is NC(=O)CC(=O)Nc1ccc(C(=O)O)cc1. The summed E-state index contributed by atoms with van der Waals surface area (Å²) in [5.74, 6) is -2.30. The van der Waals surface area contributed by atoms with E-state index >= 15 is 0 Å². The predicted octanol–water partition coefficient (Wildman–Crippen LogP) is 0.199. The zero-order valence-corrected chi connectivity index (χ0v) is 8.27. The number of hydrogen-bond acceptors (Lipinski definition) is 3. The topological polar surface area (TPSA) is 109 Å². The maximum Gasteiger partial charge on any atom is 0.335 e. The molecule has 0 spiro atoms. The molecule has 0 aliphatic carbocycles. The summed E-state index contributed by atoms with van der Waals surface area (Å²) in [5.41, 5.74) is 5.36. The fourth-order valence-corrected chi connectivity index (χ4v) is 1.06. The Labute approximate surface area is 91.1 Å². The number of amides is 2. The molecule has 0 heterocycles. The zero-order valence-electron chi connectivity index (χ0n) is 8.27. The number of benzene rings is 1. The number of nitrogens with one attached hydrogen (secondary N) is 1. The molecular weight excluding hydrogens is 212 g/mol. The number of rotatable bonds is 4. The first-order valence-electron chi connectivity index (χ1n) is 4.40. The fourth-order valence-electron chi connectivity index (χ4n) is 1.06. The van der Waals surface area contributed by atoms with Crippen molar-refractivity contribution in [3.8, 4) is 0 Å². The predicted molar refractivity (Wildman–Crippen MR) is 55.8 cm³/mol. The maximum atomic E-state index is 11.1. The van der Waals surface area contributed by atoms with Crippen LogP contribution in [0.25, 0.3) is 0 Å². The largest absolute Gasteiger partial charge is 0.478 e. The van der Waals surface area contributed by atoms with Crippen molar-refractivity contribution in [1.82, 2.24) is 0 Å². The lowest BCUT2D eigenvalue weighted by atomic mass is 10.2. The van der Waals surface area contributed by atoms with Crippen molar-refractivity contribution in [3.63, 3.8) is 0 Å². The first-order valence-corrected chi connectivity index (χ1v) is 4.40. The average Bonchev–Trinajstić information content (AvgIpc) is 2.16. The molecule has 2 amide bonds. The quantitative estimate of drug-likeness (QED) is 0.632. The Kier molecular flexibility index (Phi) is 3.60. The van der Waals surface area contributed by atoms with Gasteiger partial charge in [0.05, 0.1) is 5.56 Å². The molecule has 0 aromatic heterocycles. The van der Waals surface area contributed by atoms with Crippen molar-refractivity contribution in [1.29, 1.82) is 0 Å². The molecule has 1 aromatic carbocycles. The van der Waals surface area contributed by atoms with E-state index in [1.807, 2.05) is 0 Å². The summed E-state index contributed by atoms with van der Waals surface area (Å²) in [7, 11) is 0. The van der Waals surface area contributed by atoms with E-state index in [0.29, 0.717) is 5.69 Å². The summed E-state index contributed by atoms with van der Waals surface area (Å²) in [5, 5.41) is 11.0. The van der Waals surface area contributed by atoms with Crippen molar-refractivity contribution < 1.29 is 19.5 Å². The highest BCUT2D eigenvalue weighted by molar-refractivity contribution is 6.03. The van der Waals surface area contributed by atoms with E-state index in [0.717, 1.165) is 0 Å². The normalized spacial score (nSPS) is 9.50. The van der Waals surface area contributed by atoms with Crippen LogP contribution < -0.4 is 11.1 Å². The fraction of sp³-hybridized carbons (Fsp3) is 0.100. The zero-order chi connectivity index (χ0) is 12.1. The van der Waals surface area contributed by atoms with Crippen molar-refractivity contribution in [2.24, 2.45) is 5.73 Å². The van der Waals surface area contributed by atoms with E-state index in [1.165, 1.54) is 24.3 Å². The van der Waals surface area contributed by atoms with Crippen molar-refractivity contribution in [2.75, 3.05) is 5.32 Å². The lowest BCUT2D eigenvalue weighted by molar-refractivity contribution is -0.124. The van der Waals surface area contributed by atoms with Crippen LogP contribution in [0, 0.1) is 0 Å². The summed E-state index contributed by atoms with van der Waals surface area (Å²) in [6, 6.07) is 5.56. The van der Waals surface area contributed by atoms with Gasteiger partial charge in [-0.25, -0.2) is 4.79 Å². The highest BCUT2D eigenvalue weighted by Crippen LogP contribution is 2.09. The van der Waals surface area contributed by atoms with Crippen LogP contribution in [0.5, 0.6) is 0 Å².